The third-order valence-corrected chi connectivity index (χ3v) is 10.5. The molecule has 2 aromatic carbocycles. The van der Waals surface area contributed by atoms with Crippen LogP contribution in [-0.4, -0.2) is 90.7 Å². The Morgan fingerprint density at radius 2 is 1.73 bits per heavy atom. The van der Waals surface area contributed by atoms with Crippen molar-refractivity contribution in [1.29, 1.82) is 0 Å². The van der Waals surface area contributed by atoms with Gasteiger partial charge < -0.3 is 20.3 Å². The number of methoxy groups -OCH3 is 1. The van der Waals surface area contributed by atoms with Crippen LogP contribution < -0.4 is 25.3 Å². The summed E-state index contributed by atoms with van der Waals surface area (Å²) in [5.41, 5.74) is 4.17. The summed E-state index contributed by atoms with van der Waals surface area (Å²) in [6.07, 6.45) is 15.6. The number of rotatable bonds is 10. The molecule has 4 aliphatic rings. The van der Waals surface area contributed by atoms with Gasteiger partial charge in [-0.25, -0.2) is 15.0 Å². The van der Waals surface area contributed by atoms with Gasteiger partial charge >= 0.3 is 0 Å². The molecule has 256 valence electrons. The Morgan fingerprint density at radius 3 is 2.41 bits per heavy atom. The lowest BCUT2D eigenvalue weighted by Crippen LogP contribution is -2.56. The quantitative estimate of drug-likeness (QED) is 0.218. The van der Waals surface area contributed by atoms with E-state index in [2.05, 4.69) is 53.9 Å². The summed E-state index contributed by atoms with van der Waals surface area (Å²) in [6.45, 7) is 10.7. The van der Waals surface area contributed by atoms with Crippen molar-refractivity contribution in [1.82, 2.24) is 19.8 Å². The van der Waals surface area contributed by atoms with E-state index in [1.54, 1.807) is 7.11 Å². The SMILES string of the molecule is C#Cc1cccc(C2CCON2c2cc(Nc3cc(NC(=O)C=C)c(N4CCC(N5CCN(C6CCC6)CC5)CC4)cc3OC)ncn2)c1. The molecule has 1 aromatic heterocycles. The first kappa shape index (κ1) is 32.9. The number of terminal acetylenes is 1. The highest BCUT2D eigenvalue weighted by atomic mass is 16.7. The lowest BCUT2D eigenvalue weighted by atomic mass is 9.91. The molecule has 1 unspecified atom stereocenters. The number of aromatic nitrogens is 2. The molecule has 49 heavy (non-hydrogen) atoms. The monoisotopic (exact) mass is 662 g/mol. The minimum Gasteiger partial charge on any atom is -0.494 e. The molecular weight excluding hydrogens is 616 g/mol. The van der Waals surface area contributed by atoms with Gasteiger partial charge in [0.25, 0.3) is 0 Å². The highest BCUT2D eigenvalue weighted by Gasteiger charge is 2.33. The molecule has 0 bridgehead atoms. The van der Waals surface area contributed by atoms with Crippen molar-refractivity contribution in [2.24, 2.45) is 0 Å². The van der Waals surface area contributed by atoms with Crippen LogP contribution in [0.25, 0.3) is 0 Å². The second-order valence-electron chi connectivity index (χ2n) is 13.3. The maximum Gasteiger partial charge on any atom is 0.247 e. The summed E-state index contributed by atoms with van der Waals surface area (Å²) in [6, 6.07) is 15.1. The van der Waals surface area contributed by atoms with Crippen LogP contribution in [0.1, 0.15) is 55.7 Å². The second kappa shape index (κ2) is 14.9. The van der Waals surface area contributed by atoms with Crippen LogP contribution in [-0.2, 0) is 9.63 Å². The van der Waals surface area contributed by atoms with Gasteiger partial charge in [-0.2, -0.15) is 0 Å². The predicted molar refractivity (Wildman–Crippen MR) is 193 cm³/mol. The number of piperazine rings is 1. The molecule has 1 amide bonds. The maximum absolute atomic E-state index is 12.6. The molecule has 0 radical (unpaired) electrons. The first-order valence-electron chi connectivity index (χ1n) is 17.5. The molecule has 3 aromatic rings. The first-order chi connectivity index (χ1) is 24.0. The van der Waals surface area contributed by atoms with E-state index < -0.39 is 0 Å². The van der Waals surface area contributed by atoms with Crippen LogP contribution in [0.15, 0.2) is 61.4 Å². The standard InChI is InChI=1S/C38H46N8O3/c1-4-27-8-6-9-28(22-27)33-14-21-49-46(33)37-25-36(39-26-40-37)41-32-23-31(42-38(47)5-2)34(24-35(32)48-3)45-15-12-30(13-16-45)44-19-17-43(18-20-44)29-10-7-11-29/h1,5-6,8-9,22-26,29-30,33H,2,7,10-21H2,3H3,(H,42,47)(H,39,40,41). The smallest absolute Gasteiger partial charge is 0.247 e. The molecule has 4 heterocycles. The van der Waals surface area contributed by atoms with Crippen molar-refractivity contribution in [2.75, 3.05) is 73.6 Å². The Labute approximate surface area is 289 Å². The van der Waals surface area contributed by atoms with E-state index in [0.29, 0.717) is 41.4 Å². The molecule has 7 rings (SSSR count). The maximum atomic E-state index is 12.6. The molecule has 1 aliphatic carbocycles. The van der Waals surface area contributed by atoms with Crippen LogP contribution in [0.2, 0.25) is 0 Å². The molecule has 0 spiro atoms. The average Bonchev–Trinajstić information content (AvgIpc) is 3.62. The van der Waals surface area contributed by atoms with E-state index in [4.69, 9.17) is 16.0 Å². The van der Waals surface area contributed by atoms with Crippen LogP contribution in [0.4, 0.5) is 28.7 Å². The van der Waals surface area contributed by atoms with E-state index in [1.165, 1.54) is 44.8 Å². The number of ether oxygens (including phenoxy) is 1. The summed E-state index contributed by atoms with van der Waals surface area (Å²) >= 11 is 0. The molecule has 3 aliphatic heterocycles. The number of hydrogen-bond donors (Lipinski definition) is 2. The van der Waals surface area contributed by atoms with E-state index in [0.717, 1.165) is 68.3 Å². The highest BCUT2D eigenvalue weighted by Crippen LogP contribution is 2.41. The van der Waals surface area contributed by atoms with Crippen LogP contribution >= 0.6 is 0 Å². The Morgan fingerprint density at radius 1 is 0.980 bits per heavy atom. The topological polar surface area (TPSA) is 98.3 Å². The third kappa shape index (κ3) is 7.22. The van der Waals surface area contributed by atoms with Gasteiger partial charge in [0.05, 0.1) is 36.8 Å². The minimum atomic E-state index is -0.271. The molecule has 11 heteroatoms. The zero-order valence-corrected chi connectivity index (χ0v) is 28.3. The number of piperidine rings is 1. The molecule has 4 fully saturated rings. The average molecular weight is 663 g/mol. The zero-order valence-electron chi connectivity index (χ0n) is 28.3. The normalized spacial score (nSPS) is 20.8. The zero-order chi connectivity index (χ0) is 33.7. The van der Waals surface area contributed by atoms with Gasteiger partial charge in [0, 0.05) is 75.5 Å². The van der Waals surface area contributed by atoms with E-state index in [-0.39, 0.29) is 11.9 Å². The van der Waals surface area contributed by atoms with Crippen LogP contribution in [0.5, 0.6) is 5.75 Å². The minimum absolute atomic E-state index is 0.0355. The van der Waals surface area contributed by atoms with Gasteiger partial charge in [0.1, 0.15) is 17.9 Å². The van der Waals surface area contributed by atoms with Gasteiger partial charge in [-0.15, -0.1) is 6.42 Å². The predicted octanol–water partition coefficient (Wildman–Crippen LogP) is 5.36. The summed E-state index contributed by atoms with van der Waals surface area (Å²) in [7, 11) is 1.65. The number of amides is 1. The molecule has 1 saturated carbocycles. The van der Waals surface area contributed by atoms with E-state index >= 15 is 0 Å². The molecule has 11 nitrogen and oxygen atoms in total. The molecule has 2 N–H and O–H groups in total. The summed E-state index contributed by atoms with van der Waals surface area (Å²) < 4.78 is 5.89. The fourth-order valence-corrected chi connectivity index (χ4v) is 7.58. The van der Waals surface area contributed by atoms with Crippen molar-refractivity contribution < 1.29 is 14.4 Å². The number of nitrogens with zero attached hydrogens (tertiary/aromatic N) is 6. The largest absolute Gasteiger partial charge is 0.494 e. The van der Waals surface area contributed by atoms with Gasteiger partial charge in [-0.3, -0.25) is 19.4 Å². The lowest BCUT2D eigenvalue weighted by molar-refractivity contribution is -0.111. The second-order valence-corrected chi connectivity index (χ2v) is 13.3. The van der Waals surface area contributed by atoms with Crippen molar-refractivity contribution in [3.05, 3.63) is 72.6 Å². The Hall–Kier alpha value is -4.63. The number of hydrogen-bond acceptors (Lipinski definition) is 10. The Bertz CT molecular complexity index is 1690. The third-order valence-electron chi connectivity index (χ3n) is 10.5. The number of nitrogens with one attached hydrogen (secondary N) is 2. The van der Waals surface area contributed by atoms with Crippen LogP contribution in [0.3, 0.4) is 0 Å². The highest BCUT2D eigenvalue weighted by molar-refractivity contribution is 6.02. The van der Waals surface area contributed by atoms with Gasteiger partial charge in [0.2, 0.25) is 5.91 Å². The van der Waals surface area contributed by atoms with Crippen molar-refractivity contribution >= 4 is 34.6 Å². The lowest BCUT2D eigenvalue weighted by Gasteiger charge is -2.46. The van der Waals surface area contributed by atoms with Crippen molar-refractivity contribution in [3.63, 3.8) is 0 Å². The summed E-state index contributed by atoms with van der Waals surface area (Å²) in [4.78, 5) is 35.4. The number of carbonyl (C=O) groups is 1. The Kier molecular flexibility index (Phi) is 9.98. The van der Waals surface area contributed by atoms with E-state index in [9.17, 15) is 4.79 Å². The van der Waals surface area contributed by atoms with Crippen LogP contribution in [0, 0.1) is 12.3 Å². The number of anilines is 5. The van der Waals surface area contributed by atoms with E-state index in [1.807, 2.05) is 41.5 Å². The summed E-state index contributed by atoms with van der Waals surface area (Å²) in [5, 5.41) is 8.26. The first-order valence-corrected chi connectivity index (χ1v) is 17.5. The van der Waals surface area contributed by atoms with Gasteiger partial charge in [-0.1, -0.05) is 31.1 Å². The molecule has 1 atom stereocenters. The fraction of sp³-hybridized carbons (Fsp3) is 0.447. The van der Waals surface area contributed by atoms with Crippen molar-refractivity contribution in [2.45, 2.75) is 56.7 Å². The molecular formula is C38H46N8O3. The van der Waals surface area contributed by atoms with Crippen molar-refractivity contribution in [3.8, 4) is 18.1 Å². The number of benzene rings is 2. The van der Waals surface area contributed by atoms with Gasteiger partial charge in [0.15, 0.2) is 5.82 Å². The Balaban J connectivity index is 1.07. The summed E-state index contributed by atoms with van der Waals surface area (Å²) in [5.74, 6) is 4.26. The number of hydroxylamine groups is 1. The fourth-order valence-electron chi connectivity index (χ4n) is 7.58. The van der Waals surface area contributed by atoms with Gasteiger partial charge in [-0.05, 0) is 55.5 Å². The molecule has 3 saturated heterocycles. The number of carbonyl (C=O) groups excluding carboxylic acids is 1.